The molecule has 1 fully saturated rings. The molecule has 0 aliphatic carbocycles. The summed E-state index contributed by atoms with van der Waals surface area (Å²) >= 11 is 0. The summed E-state index contributed by atoms with van der Waals surface area (Å²) in [7, 11) is 0. The van der Waals surface area contributed by atoms with E-state index < -0.39 is 0 Å². The van der Waals surface area contributed by atoms with Gasteiger partial charge in [0.25, 0.3) is 5.91 Å². The Kier molecular flexibility index (Phi) is 6.68. The molecule has 1 aliphatic rings. The highest BCUT2D eigenvalue weighted by atomic mass is 16.5. The van der Waals surface area contributed by atoms with Gasteiger partial charge >= 0.3 is 0 Å². The fraction of sp³-hybridized carbons (Fsp3) is 0.286. The Morgan fingerprint density at radius 2 is 1.89 bits per heavy atom. The van der Waals surface area contributed by atoms with Gasteiger partial charge in [-0.05, 0) is 62.2 Å². The highest BCUT2D eigenvalue weighted by Gasteiger charge is 2.24. The van der Waals surface area contributed by atoms with Crippen LogP contribution in [0.15, 0.2) is 66.9 Å². The van der Waals surface area contributed by atoms with Crippen LogP contribution in [0.1, 0.15) is 27.3 Å². The number of pyridine rings is 1. The van der Waals surface area contributed by atoms with Gasteiger partial charge < -0.3 is 15.0 Å². The molecular weight excluding hydrogens is 438 g/mol. The van der Waals surface area contributed by atoms with Crippen LogP contribution < -0.4 is 5.32 Å². The molecule has 3 heterocycles. The molecule has 1 aliphatic heterocycles. The Labute approximate surface area is 205 Å². The summed E-state index contributed by atoms with van der Waals surface area (Å²) in [5.41, 5.74) is 5.35. The van der Waals surface area contributed by atoms with Crippen LogP contribution in [-0.4, -0.2) is 52.1 Å². The maximum Gasteiger partial charge on any atom is 0.254 e. The van der Waals surface area contributed by atoms with Crippen molar-refractivity contribution in [3.8, 4) is 0 Å². The van der Waals surface area contributed by atoms with Crippen molar-refractivity contribution >= 4 is 28.4 Å². The molecule has 1 N–H and O–H groups in total. The lowest BCUT2D eigenvalue weighted by molar-refractivity contribution is 0.0737. The number of ether oxygens (including phenoxy) is 1. The summed E-state index contributed by atoms with van der Waals surface area (Å²) in [5.74, 6) is 0.732. The average Bonchev–Trinajstić information content (AvgIpc) is 3.08. The van der Waals surface area contributed by atoms with Crippen molar-refractivity contribution in [3.63, 3.8) is 0 Å². The number of anilines is 2. The standard InChI is InChI=1S/C28H29N5O2/c1-19-12-20(2)31-28(30-19)32-25-8-5-7-24(15-25)27(34)33-10-11-35-18-22(17-33)13-21-14-23-6-3-4-9-26(23)29-16-21/h3-9,12,14-16,22H,10-11,13,17-18H2,1-2H3,(H,30,31,32)/t22-/m1/s1. The maximum absolute atomic E-state index is 13.4. The number of carbonyl (C=O) groups excluding carboxylic acids is 1. The summed E-state index contributed by atoms with van der Waals surface area (Å²) in [6, 6.07) is 19.7. The second-order valence-electron chi connectivity index (χ2n) is 9.11. The SMILES string of the molecule is Cc1cc(C)nc(Nc2cccc(C(=O)N3CCOC[C@H](Cc4cnc5ccccc5c4)C3)c2)n1. The molecule has 178 valence electrons. The Balaban J connectivity index is 1.29. The average molecular weight is 468 g/mol. The predicted octanol–water partition coefficient (Wildman–Crippen LogP) is 4.72. The largest absolute Gasteiger partial charge is 0.379 e. The smallest absolute Gasteiger partial charge is 0.254 e. The predicted molar refractivity (Wildman–Crippen MR) is 137 cm³/mol. The van der Waals surface area contributed by atoms with Crippen molar-refractivity contribution in [2.75, 3.05) is 31.6 Å². The molecule has 4 aromatic rings. The van der Waals surface area contributed by atoms with Crippen LogP contribution in [0.5, 0.6) is 0 Å². The van der Waals surface area contributed by atoms with Crippen molar-refractivity contribution in [3.05, 3.63) is 89.4 Å². The maximum atomic E-state index is 13.4. The van der Waals surface area contributed by atoms with Gasteiger partial charge in [-0.1, -0.05) is 24.3 Å². The normalized spacial score (nSPS) is 16.2. The number of hydrogen-bond donors (Lipinski definition) is 1. The number of para-hydroxylation sites is 1. The van der Waals surface area contributed by atoms with Crippen molar-refractivity contribution in [1.82, 2.24) is 19.9 Å². The fourth-order valence-corrected chi connectivity index (χ4v) is 4.57. The van der Waals surface area contributed by atoms with E-state index in [-0.39, 0.29) is 11.8 Å². The van der Waals surface area contributed by atoms with Crippen LogP contribution in [-0.2, 0) is 11.2 Å². The number of aromatic nitrogens is 3. The first kappa shape index (κ1) is 22.9. The molecule has 7 nitrogen and oxygen atoms in total. The number of fused-ring (bicyclic) bond motifs is 1. The van der Waals surface area contributed by atoms with Gasteiger partial charge in [-0.2, -0.15) is 0 Å². The van der Waals surface area contributed by atoms with Crippen LogP contribution in [0, 0.1) is 19.8 Å². The minimum Gasteiger partial charge on any atom is -0.379 e. The zero-order chi connectivity index (χ0) is 24.2. The number of hydrogen-bond acceptors (Lipinski definition) is 6. The molecule has 0 radical (unpaired) electrons. The zero-order valence-electron chi connectivity index (χ0n) is 20.1. The molecule has 2 aromatic carbocycles. The van der Waals surface area contributed by atoms with Crippen LogP contribution in [0.2, 0.25) is 0 Å². The number of nitrogens with one attached hydrogen (secondary N) is 1. The Bertz CT molecular complexity index is 1340. The van der Waals surface area contributed by atoms with Crippen molar-refractivity contribution < 1.29 is 9.53 Å². The first-order valence-corrected chi connectivity index (χ1v) is 11.9. The van der Waals surface area contributed by atoms with Gasteiger partial charge in [0.1, 0.15) is 0 Å². The van der Waals surface area contributed by atoms with Crippen molar-refractivity contribution in [2.24, 2.45) is 5.92 Å². The molecule has 0 bridgehead atoms. The molecule has 0 unspecified atom stereocenters. The molecule has 1 amide bonds. The molecule has 1 saturated heterocycles. The molecule has 0 spiro atoms. The van der Waals surface area contributed by atoms with E-state index in [4.69, 9.17) is 4.74 Å². The zero-order valence-corrected chi connectivity index (χ0v) is 20.1. The van der Waals surface area contributed by atoms with Gasteiger partial charge in [-0.25, -0.2) is 9.97 Å². The Hall–Kier alpha value is -3.84. The lowest BCUT2D eigenvalue weighted by atomic mass is 9.99. The topological polar surface area (TPSA) is 80.2 Å². The molecule has 5 rings (SSSR count). The van der Waals surface area contributed by atoms with E-state index in [0.717, 1.165) is 40.0 Å². The lowest BCUT2D eigenvalue weighted by Crippen LogP contribution is -2.36. The molecular formula is C28H29N5O2. The number of benzene rings is 2. The number of nitrogens with zero attached hydrogens (tertiary/aromatic N) is 4. The molecule has 1 atom stereocenters. The van der Waals surface area contributed by atoms with Gasteiger partial charge in [0.05, 0.1) is 18.7 Å². The number of aryl methyl sites for hydroxylation is 2. The quantitative estimate of drug-likeness (QED) is 0.458. The third kappa shape index (κ3) is 5.63. The van der Waals surface area contributed by atoms with Crippen LogP contribution in [0.25, 0.3) is 10.9 Å². The van der Waals surface area contributed by atoms with Gasteiger partial charge in [0, 0.05) is 53.2 Å². The van der Waals surface area contributed by atoms with E-state index in [2.05, 4.69) is 32.4 Å². The van der Waals surface area contributed by atoms with E-state index in [1.807, 2.05) is 73.5 Å². The Morgan fingerprint density at radius 3 is 2.74 bits per heavy atom. The van der Waals surface area contributed by atoms with Crippen LogP contribution in [0.3, 0.4) is 0 Å². The number of amides is 1. The fourth-order valence-electron chi connectivity index (χ4n) is 4.57. The van der Waals surface area contributed by atoms with E-state index in [1.54, 1.807) is 0 Å². The van der Waals surface area contributed by atoms with Crippen molar-refractivity contribution in [1.29, 1.82) is 0 Å². The monoisotopic (exact) mass is 467 g/mol. The second-order valence-corrected chi connectivity index (χ2v) is 9.11. The van der Waals surface area contributed by atoms with Crippen LogP contribution in [0.4, 0.5) is 11.6 Å². The van der Waals surface area contributed by atoms with E-state index in [9.17, 15) is 4.79 Å². The van der Waals surface area contributed by atoms with Gasteiger partial charge in [0.2, 0.25) is 5.95 Å². The lowest BCUT2D eigenvalue weighted by Gasteiger charge is -2.24. The summed E-state index contributed by atoms with van der Waals surface area (Å²) in [5, 5.41) is 4.36. The highest BCUT2D eigenvalue weighted by Crippen LogP contribution is 2.21. The highest BCUT2D eigenvalue weighted by molar-refractivity contribution is 5.95. The van der Waals surface area contributed by atoms with Crippen LogP contribution >= 0.6 is 0 Å². The summed E-state index contributed by atoms with van der Waals surface area (Å²) < 4.78 is 5.87. The van der Waals surface area contributed by atoms with E-state index in [1.165, 1.54) is 0 Å². The van der Waals surface area contributed by atoms with E-state index >= 15 is 0 Å². The summed E-state index contributed by atoms with van der Waals surface area (Å²) in [6.45, 7) is 6.25. The minimum atomic E-state index is 0.00197. The second kappa shape index (κ2) is 10.2. The Morgan fingerprint density at radius 1 is 1.06 bits per heavy atom. The minimum absolute atomic E-state index is 0.00197. The number of rotatable bonds is 5. The molecule has 2 aromatic heterocycles. The molecule has 35 heavy (non-hydrogen) atoms. The first-order chi connectivity index (χ1) is 17.0. The van der Waals surface area contributed by atoms with Gasteiger partial charge in [-0.15, -0.1) is 0 Å². The van der Waals surface area contributed by atoms with Gasteiger partial charge in [-0.3, -0.25) is 9.78 Å². The third-order valence-corrected chi connectivity index (χ3v) is 6.14. The first-order valence-electron chi connectivity index (χ1n) is 11.9. The van der Waals surface area contributed by atoms with Crippen molar-refractivity contribution in [2.45, 2.75) is 20.3 Å². The van der Waals surface area contributed by atoms with Gasteiger partial charge in [0.15, 0.2) is 0 Å². The molecule has 7 heteroatoms. The molecule has 0 saturated carbocycles. The third-order valence-electron chi connectivity index (χ3n) is 6.14. The summed E-state index contributed by atoms with van der Waals surface area (Å²) in [6.07, 6.45) is 2.75. The summed E-state index contributed by atoms with van der Waals surface area (Å²) in [4.78, 5) is 28.8. The number of carbonyl (C=O) groups is 1. The van der Waals surface area contributed by atoms with E-state index in [0.29, 0.717) is 37.8 Å².